The molecule has 0 radical (unpaired) electrons. The second-order valence-corrected chi connectivity index (χ2v) is 8.64. The Labute approximate surface area is 145 Å². The zero-order chi connectivity index (χ0) is 17.0. The average Bonchev–Trinajstić information content (AvgIpc) is 2.83. The number of sulfonamides is 1. The molecule has 0 atom stereocenters. The van der Waals surface area contributed by atoms with Crippen molar-refractivity contribution in [2.24, 2.45) is 0 Å². The molecule has 1 aliphatic heterocycles. The van der Waals surface area contributed by atoms with Crippen molar-refractivity contribution in [1.29, 1.82) is 0 Å². The smallest absolute Gasteiger partial charge is 0.243 e. The zero-order valence-corrected chi connectivity index (χ0v) is 14.9. The summed E-state index contributed by atoms with van der Waals surface area (Å²) in [6, 6.07) is 6.50. The molecular weight excluding hydrogens is 348 g/mol. The lowest BCUT2D eigenvalue weighted by Gasteiger charge is -2.20. The summed E-state index contributed by atoms with van der Waals surface area (Å²) in [4.78, 5) is 0.303. The maximum atomic E-state index is 12.7. The van der Waals surface area contributed by atoms with Crippen molar-refractivity contribution in [1.82, 2.24) is 14.5 Å². The number of hydrogen-bond acceptors (Lipinski definition) is 7. The minimum absolute atomic E-state index is 0.257. The second kappa shape index (κ2) is 7.45. The number of hydrogen-bond donors (Lipinski definition) is 1. The summed E-state index contributed by atoms with van der Waals surface area (Å²) in [5, 5.41) is 8.66. The highest BCUT2D eigenvalue weighted by atomic mass is 32.2. The molecule has 1 fully saturated rings. The summed E-state index contributed by atoms with van der Waals surface area (Å²) < 4.78 is 32.5. The van der Waals surface area contributed by atoms with Crippen molar-refractivity contribution in [3.05, 3.63) is 29.3 Å². The Balaban J connectivity index is 1.66. The molecule has 2 heterocycles. The fourth-order valence-corrected chi connectivity index (χ4v) is 4.65. The van der Waals surface area contributed by atoms with Crippen molar-refractivity contribution in [2.75, 3.05) is 18.8 Å². The van der Waals surface area contributed by atoms with Crippen LogP contribution in [-0.4, -0.2) is 36.0 Å². The highest BCUT2D eigenvalue weighted by molar-refractivity contribution is 7.89. The third-order valence-electron chi connectivity index (χ3n) is 3.87. The number of aromatic nitrogens is 2. The molecule has 0 spiro atoms. The van der Waals surface area contributed by atoms with Crippen LogP contribution in [0.1, 0.15) is 30.7 Å². The number of anilines is 1. The maximum absolute atomic E-state index is 12.7. The van der Waals surface area contributed by atoms with E-state index in [0.717, 1.165) is 25.7 Å². The number of nitrogen functional groups attached to an aromatic ring is 1. The molecule has 0 unspecified atom stereocenters. The van der Waals surface area contributed by atoms with Crippen LogP contribution in [0.3, 0.4) is 0 Å². The van der Waals surface area contributed by atoms with Gasteiger partial charge in [-0.25, -0.2) is 8.42 Å². The Morgan fingerprint density at radius 3 is 2.33 bits per heavy atom. The van der Waals surface area contributed by atoms with Crippen LogP contribution in [0, 0.1) is 0 Å². The van der Waals surface area contributed by atoms with E-state index in [2.05, 4.69) is 10.2 Å². The van der Waals surface area contributed by atoms with E-state index in [-0.39, 0.29) is 6.61 Å². The van der Waals surface area contributed by atoms with Crippen molar-refractivity contribution in [3.63, 3.8) is 0 Å². The maximum Gasteiger partial charge on any atom is 0.243 e. The SMILES string of the molecule is Nc1nnc(COc2ccc(S(=O)(=O)N3CCCCCC3)cc2)s1. The molecule has 1 saturated heterocycles. The monoisotopic (exact) mass is 368 g/mol. The van der Waals surface area contributed by atoms with Gasteiger partial charge in [-0.05, 0) is 37.1 Å². The Bertz CT molecular complexity index is 766. The Kier molecular flexibility index (Phi) is 5.32. The van der Waals surface area contributed by atoms with Crippen molar-refractivity contribution in [3.8, 4) is 5.75 Å². The van der Waals surface area contributed by atoms with E-state index < -0.39 is 10.0 Å². The van der Waals surface area contributed by atoms with Crippen LogP contribution in [0.4, 0.5) is 5.13 Å². The summed E-state index contributed by atoms with van der Waals surface area (Å²) in [5.74, 6) is 0.582. The second-order valence-electron chi connectivity index (χ2n) is 5.61. The first-order valence-electron chi connectivity index (χ1n) is 7.86. The van der Waals surface area contributed by atoms with E-state index in [1.54, 1.807) is 28.6 Å². The molecule has 2 N–H and O–H groups in total. The predicted molar refractivity (Wildman–Crippen MR) is 92.3 cm³/mol. The third kappa shape index (κ3) is 4.03. The van der Waals surface area contributed by atoms with E-state index in [4.69, 9.17) is 10.5 Å². The van der Waals surface area contributed by atoms with E-state index in [0.29, 0.717) is 33.9 Å². The van der Waals surface area contributed by atoms with Crippen LogP contribution in [0.5, 0.6) is 5.75 Å². The molecule has 0 amide bonds. The summed E-state index contributed by atoms with van der Waals surface area (Å²) >= 11 is 1.26. The molecule has 0 bridgehead atoms. The van der Waals surface area contributed by atoms with E-state index >= 15 is 0 Å². The number of nitrogens with two attached hydrogens (primary N) is 1. The van der Waals surface area contributed by atoms with Crippen molar-refractivity contribution >= 4 is 26.5 Å². The minimum atomic E-state index is -3.42. The molecule has 0 aliphatic carbocycles. The lowest BCUT2D eigenvalue weighted by Crippen LogP contribution is -2.31. The van der Waals surface area contributed by atoms with Gasteiger partial charge in [-0.2, -0.15) is 4.31 Å². The largest absolute Gasteiger partial charge is 0.486 e. The number of rotatable bonds is 5. The Hall–Kier alpha value is -1.71. The van der Waals surface area contributed by atoms with Gasteiger partial charge in [0, 0.05) is 13.1 Å². The van der Waals surface area contributed by atoms with Crippen LogP contribution in [0.2, 0.25) is 0 Å². The van der Waals surface area contributed by atoms with Gasteiger partial charge in [-0.1, -0.05) is 24.2 Å². The van der Waals surface area contributed by atoms with Gasteiger partial charge < -0.3 is 10.5 Å². The van der Waals surface area contributed by atoms with Gasteiger partial charge >= 0.3 is 0 Å². The topological polar surface area (TPSA) is 98.4 Å². The molecule has 1 aromatic heterocycles. The number of nitrogens with zero attached hydrogens (tertiary/aromatic N) is 3. The molecule has 130 valence electrons. The first kappa shape index (κ1) is 17.1. The lowest BCUT2D eigenvalue weighted by molar-refractivity contribution is 0.304. The van der Waals surface area contributed by atoms with E-state index in [1.165, 1.54) is 11.3 Å². The van der Waals surface area contributed by atoms with Crippen LogP contribution in [-0.2, 0) is 16.6 Å². The quantitative estimate of drug-likeness (QED) is 0.869. The number of benzene rings is 1. The summed E-state index contributed by atoms with van der Waals surface area (Å²) in [6.07, 6.45) is 4.03. The molecule has 2 aromatic rings. The van der Waals surface area contributed by atoms with Crippen LogP contribution >= 0.6 is 11.3 Å². The third-order valence-corrected chi connectivity index (χ3v) is 6.51. The molecule has 7 nitrogen and oxygen atoms in total. The highest BCUT2D eigenvalue weighted by Crippen LogP contribution is 2.23. The summed E-state index contributed by atoms with van der Waals surface area (Å²) in [7, 11) is -3.42. The van der Waals surface area contributed by atoms with Gasteiger partial charge in [-0.15, -0.1) is 10.2 Å². The summed E-state index contributed by atoms with van der Waals surface area (Å²) in [5.41, 5.74) is 5.52. The van der Waals surface area contributed by atoms with Gasteiger partial charge in [0.15, 0.2) is 5.01 Å². The molecule has 1 aromatic carbocycles. The molecular formula is C15H20N4O3S2. The van der Waals surface area contributed by atoms with Crippen molar-refractivity contribution < 1.29 is 13.2 Å². The minimum Gasteiger partial charge on any atom is -0.486 e. The van der Waals surface area contributed by atoms with Gasteiger partial charge in [-0.3, -0.25) is 0 Å². The molecule has 0 saturated carbocycles. The standard InChI is InChI=1S/C15H20N4O3S2/c16-15-18-17-14(23-15)11-22-12-5-7-13(8-6-12)24(20,21)19-9-3-1-2-4-10-19/h5-8H,1-4,9-11H2,(H2,16,18). The van der Waals surface area contributed by atoms with Crippen LogP contribution in [0.25, 0.3) is 0 Å². The van der Waals surface area contributed by atoms with Crippen LogP contribution < -0.4 is 10.5 Å². The zero-order valence-electron chi connectivity index (χ0n) is 13.2. The normalized spacial score (nSPS) is 16.7. The molecule has 1 aliphatic rings. The number of ether oxygens (including phenoxy) is 1. The van der Waals surface area contributed by atoms with Gasteiger partial charge in [0.25, 0.3) is 0 Å². The molecule has 24 heavy (non-hydrogen) atoms. The Morgan fingerprint density at radius 1 is 1.08 bits per heavy atom. The van der Waals surface area contributed by atoms with Gasteiger partial charge in [0.1, 0.15) is 12.4 Å². The van der Waals surface area contributed by atoms with E-state index in [1.807, 2.05) is 0 Å². The van der Waals surface area contributed by atoms with Gasteiger partial charge in [0.2, 0.25) is 15.2 Å². The van der Waals surface area contributed by atoms with Crippen LogP contribution in [0.15, 0.2) is 29.2 Å². The van der Waals surface area contributed by atoms with Crippen molar-refractivity contribution in [2.45, 2.75) is 37.2 Å². The fraction of sp³-hybridized carbons (Fsp3) is 0.467. The molecule has 3 rings (SSSR count). The highest BCUT2D eigenvalue weighted by Gasteiger charge is 2.24. The molecule has 9 heteroatoms. The van der Waals surface area contributed by atoms with Gasteiger partial charge in [0.05, 0.1) is 4.90 Å². The lowest BCUT2D eigenvalue weighted by atomic mass is 10.2. The van der Waals surface area contributed by atoms with E-state index in [9.17, 15) is 8.42 Å². The first-order valence-corrected chi connectivity index (χ1v) is 10.1. The fourth-order valence-electron chi connectivity index (χ4n) is 2.61. The Morgan fingerprint density at radius 2 is 1.75 bits per heavy atom. The predicted octanol–water partition coefficient (Wildman–Crippen LogP) is 2.26. The summed E-state index contributed by atoms with van der Waals surface area (Å²) in [6.45, 7) is 1.45. The first-order chi connectivity index (χ1) is 11.6. The average molecular weight is 368 g/mol.